The fourth-order valence-electron chi connectivity index (χ4n) is 4.68. The molecule has 1 saturated heterocycles. The highest BCUT2D eigenvalue weighted by atomic mass is 35.5. The first-order valence-electron chi connectivity index (χ1n) is 12.4. The van der Waals surface area contributed by atoms with Crippen LogP contribution in [0.1, 0.15) is 17.1 Å². The molecule has 38 heavy (non-hydrogen) atoms. The SMILES string of the molecule is Fc1cc(Cl)ccc1COc1cccc(N2CCN(Cc3nc4ccccc4n3Cc3cnco3)CC2)n1. The lowest BCUT2D eigenvalue weighted by molar-refractivity contribution is 0.240. The zero-order chi connectivity index (χ0) is 25.9. The smallest absolute Gasteiger partial charge is 0.215 e. The topological polar surface area (TPSA) is 72.5 Å². The van der Waals surface area contributed by atoms with Crippen LogP contribution in [-0.2, 0) is 19.7 Å². The molecule has 5 aromatic rings. The maximum absolute atomic E-state index is 14.1. The maximum Gasteiger partial charge on any atom is 0.215 e. The third-order valence-electron chi connectivity index (χ3n) is 6.69. The Hall–Kier alpha value is -3.95. The van der Waals surface area contributed by atoms with Gasteiger partial charge in [-0.3, -0.25) is 4.90 Å². The number of benzene rings is 2. The Kier molecular flexibility index (Phi) is 6.94. The molecule has 1 aliphatic heterocycles. The number of ether oxygens (including phenoxy) is 1. The molecule has 6 rings (SSSR count). The molecular weight excluding hydrogens is 507 g/mol. The Labute approximate surface area is 224 Å². The van der Waals surface area contributed by atoms with Crippen molar-refractivity contribution in [2.45, 2.75) is 19.7 Å². The number of anilines is 1. The number of piperazine rings is 1. The van der Waals surface area contributed by atoms with Crippen LogP contribution in [-0.4, -0.2) is 50.6 Å². The molecule has 194 valence electrons. The van der Waals surface area contributed by atoms with Crippen molar-refractivity contribution in [2.24, 2.45) is 0 Å². The zero-order valence-corrected chi connectivity index (χ0v) is 21.4. The summed E-state index contributed by atoms with van der Waals surface area (Å²) in [7, 11) is 0. The second-order valence-electron chi connectivity index (χ2n) is 9.19. The Balaban J connectivity index is 1.10. The molecule has 8 nitrogen and oxygen atoms in total. The minimum atomic E-state index is -0.390. The fourth-order valence-corrected chi connectivity index (χ4v) is 4.84. The molecule has 0 atom stereocenters. The number of halogens is 2. The van der Waals surface area contributed by atoms with Crippen LogP contribution in [0.2, 0.25) is 5.02 Å². The third-order valence-corrected chi connectivity index (χ3v) is 6.93. The first-order valence-corrected chi connectivity index (χ1v) is 12.8. The first kappa shape index (κ1) is 24.4. The van der Waals surface area contributed by atoms with Crippen LogP contribution >= 0.6 is 11.6 Å². The highest BCUT2D eigenvalue weighted by Crippen LogP contribution is 2.23. The van der Waals surface area contributed by atoms with Crippen molar-refractivity contribution in [1.82, 2.24) is 24.4 Å². The Morgan fingerprint density at radius 1 is 0.947 bits per heavy atom. The van der Waals surface area contributed by atoms with E-state index >= 15 is 0 Å². The van der Waals surface area contributed by atoms with Gasteiger partial charge >= 0.3 is 0 Å². The Morgan fingerprint density at radius 3 is 2.63 bits per heavy atom. The van der Waals surface area contributed by atoms with Gasteiger partial charge in [0.2, 0.25) is 5.88 Å². The molecule has 10 heteroatoms. The number of rotatable bonds is 8. The Morgan fingerprint density at radius 2 is 1.82 bits per heavy atom. The zero-order valence-electron chi connectivity index (χ0n) is 20.6. The molecule has 0 aliphatic carbocycles. The molecule has 0 radical (unpaired) electrons. The van der Waals surface area contributed by atoms with E-state index in [1.54, 1.807) is 24.4 Å². The summed E-state index contributed by atoms with van der Waals surface area (Å²) in [6.45, 7) is 4.80. The molecular formula is C28H26ClFN6O2. The van der Waals surface area contributed by atoms with Crippen LogP contribution in [0.4, 0.5) is 10.2 Å². The lowest BCUT2D eigenvalue weighted by Crippen LogP contribution is -2.46. The second kappa shape index (κ2) is 10.8. The summed E-state index contributed by atoms with van der Waals surface area (Å²) < 4.78 is 27.6. The van der Waals surface area contributed by atoms with Gasteiger partial charge in [-0.1, -0.05) is 35.9 Å². The predicted molar refractivity (Wildman–Crippen MR) is 143 cm³/mol. The highest BCUT2D eigenvalue weighted by molar-refractivity contribution is 6.30. The number of fused-ring (bicyclic) bond motifs is 1. The molecule has 1 aliphatic rings. The van der Waals surface area contributed by atoms with Crippen LogP contribution in [0.15, 0.2) is 77.7 Å². The average Bonchev–Trinajstić information content (AvgIpc) is 3.57. The van der Waals surface area contributed by atoms with E-state index in [0.29, 0.717) is 23.0 Å². The van der Waals surface area contributed by atoms with Crippen molar-refractivity contribution >= 4 is 28.5 Å². The van der Waals surface area contributed by atoms with E-state index in [1.807, 2.05) is 30.3 Å². The predicted octanol–water partition coefficient (Wildman–Crippen LogP) is 5.16. The van der Waals surface area contributed by atoms with Crippen molar-refractivity contribution in [1.29, 1.82) is 0 Å². The quantitative estimate of drug-likeness (QED) is 0.273. The summed E-state index contributed by atoms with van der Waals surface area (Å²) >= 11 is 5.84. The number of pyridine rings is 1. The van der Waals surface area contributed by atoms with E-state index in [0.717, 1.165) is 61.2 Å². The second-order valence-corrected chi connectivity index (χ2v) is 9.63. The molecule has 4 heterocycles. The summed E-state index contributed by atoms with van der Waals surface area (Å²) in [4.78, 5) is 18.3. The monoisotopic (exact) mass is 532 g/mol. The van der Waals surface area contributed by atoms with Crippen LogP contribution in [0, 0.1) is 5.82 Å². The largest absolute Gasteiger partial charge is 0.473 e. The van der Waals surface area contributed by atoms with Crippen LogP contribution in [0.25, 0.3) is 11.0 Å². The minimum absolute atomic E-state index is 0.0856. The molecule has 0 N–H and O–H groups in total. The average molecular weight is 533 g/mol. The van der Waals surface area contributed by atoms with Crippen molar-refractivity contribution < 1.29 is 13.5 Å². The number of imidazole rings is 1. The molecule has 0 unspecified atom stereocenters. The van der Waals surface area contributed by atoms with Crippen LogP contribution in [0.5, 0.6) is 5.88 Å². The van der Waals surface area contributed by atoms with E-state index in [4.69, 9.17) is 25.7 Å². The van der Waals surface area contributed by atoms with Gasteiger partial charge in [-0.15, -0.1) is 0 Å². The molecule has 0 spiro atoms. The number of hydrogen-bond donors (Lipinski definition) is 0. The summed E-state index contributed by atoms with van der Waals surface area (Å²) in [6, 6.07) is 18.4. The van der Waals surface area contributed by atoms with Gasteiger partial charge in [0.05, 0.1) is 30.3 Å². The van der Waals surface area contributed by atoms with Gasteiger partial charge in [-0.25, -0.2) is 14.4 Å². The highest BCUT2D eigenvalue weighted by Gasteiger charge is 2.21. The Bertz CT molecular complexity index is 1530. The summed E-state index contributed by atoms with van der Waals surface area (Å²) in [6.07, 6.45) is 3.20. The number of oxazole rings is 1. The first-order chi connectivity index (χ1) is 18.6. The number of hydrogen-bond acceptors (Lipinski definition) is 7. The molecule has 0 saturated carbocycles. The lowest BCUT2D eigenvalue weighted by Gasteiger charge is -2.35. The van der Waals surface area contributed by atoms with Gasteiger partial charge in [0.25, 0.3) is 0 Å². The fraction of sp³-hybridized carbons (Fsp3) is 0.250. The van der Waals surface area contributed by atoms with Crippen molar-refractivity contribution in [3.63, 3.8) is 0 Å². The lowest BCUT2D eigenvalue weighted by atomic mass is 10.2. The molecule has 3 aromatic heterocycles. The molecule has 0 amide bonds. The minimum Gasteiger partial charge on any atom is -0.473 e. The van der Waals surface area contributed by atoms with Crippen molar-refractivity contribution in [2.75, 3.05) is 31.1 Å². The number of para-hydroxylation sites is 2. The van der Waals surface area contributed by atoms with E-state index in [2.05, 4.69) is 30.4 Å². The van der Waals surface area contributed by atoms with Gasteiger partial charge in [-0.2, -0.15) is 4.98 Å². The van der Waals surface area contributed by atoms with Crippen LogP contribution < -0.4 is 9.64 Å². The van der Waals surface area contributed by atoms with Crippen molar-refractivity contribution in [3.8, 4) is 5.88 Å². The molecule has 0 bridgehead atoms. The van der Waals surface area contributed by atoms with Gasteiger partial charge in [0.1, 0.15) is 29.8 Å². The van der Waals surface area contributed by atoms with Gasteiger partial charge < -0.3 is 18.6 Å². The van der Waals surface area contributed by atoms with Gasteiger partial charge in [0, 0.05) is 42.8 Å². The van der Waals surface area contributed by atoms with E-state index in [1.165, 1.54) is 12.5 Å². The molecule has 2 aromatic carbocycles. The summed E-state index contributed by atoms with van der Waals surface area (Å²) in [5, 5.41) is 0.359. The molecule has 1 fully saturated rings. The van der Waals surface area contributed by atoms with Crippen molar-refractivity contribution in [3.05, 3.63) is 101 Å². The van der Waals surface area contributed by atoms with E-state index < -0.39 is 0 Å². The number of aromatic nitrogens is 4. The van der Waals surface area contributed by atoms with E-state index in [-0.39, 0.29) is 12.4 Å². The van der Waals surface area contributed by atoms with Crippen LogP contribution in [0.3, 0.4) is 0 Å². The standard InChI is InChI=1S/C28H26ClFN6O2/c29-21-9-8-20(23(30)14-21)18-37-28-7-3-6-26(33-28)35-12-10-34(11-13-35)17-27-32-24-4-1-2-5-25(24)36(27)16-22-15-31-19-38-22/h1-9,14-15,19H,10-13,16-18H2. The maximum atomic E-state index is 14.1. The van der Waals surface area contributed by atoms with Gasteiger partial charge in [-0.05, 0) is 30.3 Å². The summed E-state index contributed by atoms with van der Waals surface area (Å²) in [5.41, 5.74) is 2.49. The normalized spacial score (nSPS) is 14.3. The summed E-state index contributed by atoms with van der Waals surface area (Å²) in [5.74, 6) is 2.71. The third kappa shape index (κ3) is 5.34. The van der Waals surface area contributed by atoms with Gasteiger partial charge in [0.15, 0.2) is 6.39 Å². The number of nitrogens with zero attached hydrogens (tertiary/aromatic N) is 6. The van der Waals surface area contributed by atoms with E-state index in [9.17, 15) is 4.39 Å².